The molecule has 0 atom stereocenters. The molecule has 0 radical (unpaired) electrons. The van der Waals surface area contributed by atoms with Gasteiger partial charge in [-0.1, -0.05) is 6.07 Å². The van der Waals surface area contributed by atoms with E-state index in [2.05, 4.69) is 10.1 Å². The van der Waals surface area contributed by atoms with Gasteiger partial charge < -0.3 is 0 Å². The first-order valence-electron chi connectivity index (χ1n) is 5.84. The van der Waals surface area contributed by atoms with Gasteiger partial charge in [-0.2, -0.15) is 0 Å². The first-order valence-corrected chi connectivity index (χ1v) is 7.73. The zero-order valence-electron chi connectivity index (χ0n) is 11.1. The molecule has 1 aliphatic rings. The largest absolute Gasteiger partial charge is 0.284 e. The van der Waals surface area contributed by atoms with Crippen molar-refractivity contribution in [2.45, 2.75) is 13.8 Å². The van der Waals surface area contributed by atoms with Gasteiger partial charge >= 0.3 is 0 Å². The molecule has 2 rings (SSSR count). The van der Waals surface area contributed by atoms with Crippen LogP contribution < -0.4 is 15.2 Å². The van der Waals surface area contributed by atoms with Crippen molar-refractivity contribution < 1.29 is 13.2 Å². The third-order valence-corrected chi connectivity index (χ3v) is 3.47. The van der Waals surface area contributed by atoms with Gasteiger partial charge in [-0.25, -0.2) is 8.42 Å². The molecule has 1 aromatic carbocycles. The maximum absolute atomic E-state index is 11.7. The zero-order chi connectivity index (χ0) is 14.3. The van der Waals surface area contributed by atoms with E-state index in [0.29, 0.717) is 12.2 Å². The van der Waals surface area contributed by atoms with E-state index in [1.165, 1.54) is 0 Å². The minimum absolute atomic E-state index is 0.0472. The number of carbonyl (C=O) groups excluding carboxylic acids is 1. The summed E-state index contributed by atoms with van der Waals surface area (Å²) in [5.41, 5.74) is 3.52. The van der Waals surface area contributed by atoms with E-state index in [4.69, 9.17) is 0 Å². The smallest absolute Gasteiger partial charge is 0.246 e. The van der Waals surface area contributed by atoms with Crippen LogP contribution in [-0.2, 0) is 14.8 Å². The fraction of sp³-hybridized carbons (Fsp3) is 0.417. The number of sulfonamides is 1. The van der Waals surface area contributed by atoms with E-state index in [1.54, 1.807) is 23.2 Å². The number of hydrogen-bond acceptors (Lipinski definition) is 4. The molecule has 0 spiro atoms. The van der Waals surface area contributed by atoms with Gasteiger partial charge in [0.2, 0.25) is 15.9 Å². The number of carbonyl (C=O) groups is 1. The minimum Gasteiger partial charge on any atom is -0.284 e. The lowest BCUT2D eigenvalue weighted by molar-refractivity contribution is -0.125. The number of benzene rings is 1. The summed E-state index contributed by atoms with van der Waals surface area (Å²) in [6.07, 6.45) is 1.10. The highest BCUT2D eigenvalue weighted by atomic mass is 32.2. The van der Waals surface area contributed by atoms with Crippen LogP contribution in [0.15, 0.2) is 24.3 Å². The molecule has 1 amide bonds. The van der Waals surface area contributed by atoms with Gasteiger partial charge in [0, 0.05) is 0 Å². The van der Waals surface area contributed by atoms with Crippen LogP contribution >= 0.6 is 0 Å². The van der Waals surface area contributed by atoms with E-state index < -0.39 is 15.4 Å². The van der Waals surface area contributed by atoms with Crippen molar-refractivity contribution in [1.82, 2.24) is 5.43 Å². The molecular weight excluding hydrogens is 266 g/mol. The van der Waals surface area contributed by atoms with Crippen molar-refractivity contribution in [1.29, 1.82) is 0 Å². The fourth-order valence-electron chi connectivity index (χ4n) is 1.89. The predicted molar refractivity (Wildman–Crippen MR) is 74.2 cm³/mol. The van der Waals surface area contributed by atoms with Crippen molar-refractivity contribution in [2.75, 3.05) is 22.5 Å². The molecule has 19 heavy (non-hydrogen) atoms. The van der Waals surface area contributed by atoms with Gasteiger partial charge in [-0.15, -0.1) is 0 Å². The number of amides is 1. The second kappa shape index (κ2) is 4.41. The molecule has 104 valence electrons. The monoisotopic (exact) mass is 283 g/mol. The van der Waals surface area contributed by atoms with E-state index in [1.807, 2.05) is 19.9 Å². The summed E-state index contributed by atoms with van der Waals surface area (Å²) in [5, 5.41) is 1.72. The Morgan fingerprint density at radius 3 is 2.58 bits per heavy atom. The summed E-state index contributed by atoms with van der Waals surface area (Å²) < 4.78 is 24.8. The minimum atomic E-state index is -3.31. The molecule has 1 aromatic rings. The van der Waals surface area contributed by atoms with Crippen LogP contribution in [0.5, 0.6) is 0 Å². The van der Waals surface area contributed by atoms with Crippen LogP contribution in [0, 0.1) is 5.41 Å². The summed E-state index contributed by atoms with van der Waals surface area (Å²) in [5.74, 6) is -0.0472. The molecule has 1 heterocycles. The summed E-state index contributed by atoms with van der Waals surface area (Å²) >= 11 is 0. The molecule has 7 heteroatoms. The molecule has 1 aliphatic heterocycles. The highest BCUT2D eigenvalue weighted by Gasteiger charge is 2.38. The summed E-state index contributed by atoms with van der Waals surface area (Å²) in [6.45, 7) is 4.26. The van der Waals surface area contributed by atoms with E-state index >= 15 is 0 Å². The summed E-state index contributed by atoms with van der Waals surface area (Å²) in [6, 6.07) is 6.89. The lowest BCUT2D eigenvalue weighted by atomic mass is 9.94. The quantitative estimate of drug-likeness (QED) is 0.865. The predicted octanol–water partition coefficient (Wildman–Crippen LogP) is 0.935. The van der Waals surface area contributed by atoms with E-state index in [0.717, 1.165) is 11.9 Å². The van der Waals surface area contributed by atoms with Gasteiger partial charge in [-0.05, 0) is 32.0 Å². The van der Waals surface area contributed by atoms with Crippen molar-refractivity contribution in [3.05, 3.63) is 24.3 Å². The van der Waals surface area contributed by atoms with Crippen LogP contribution in [0.4, 0.5) is 11.4 Å². The molecule has 0 saturated carbocycles. The topological polar surface area (TPSA) is 78.5 Å². The third kappa shape index (κ3) is 3.17. The Kier molecular flexibility index (Phi) is 3.17. The lowest BCUT2D eigenvalue weighted by Gasteiger charge is -2.19. The van der Waals surface area contributed by atoms with Gasteiger partial charge in [0.25, 0.3) is 0 Å². The number of hydrogen-bond donors (Lipinski definition) is 2. The van der Waals surface area contributed by atoms with Crippen LogP contribution in [0.2, 0.25) is 0 Å². The number of anilines is 2. The second-order valence-corrected chi connectivity index (χ2v) is 7.08. The average molecular weight is 283 g/mol. The first-order chi connectivity index (χ1) is 8.67. The van der Waals surface area contributed by atoms with Crippen LogP contribution in [0.3, 0.4) is 0 Å². The number of nitrogens with one attached hydrogen (secondary N) is 2. The molecule has 0 aliphatic carbocycles. The maximum atomic E-state index is 11.7. The van der Waals surface area contributed by atoms with E-state index in [-0.39, 0.29) is 5.91 Å². The molecule has 1 fully saturated rings. The van der Waals surface area contributed by atoms with Gasteiger partial charge in [-0.3, -0.25) is 20.0 Å². The first kappa shape index (κ1) is 13.7. The molecule has 0 aromatic heterocycles. The molecule has 0 bridgehead atoms. The van der Waals surface area contributed by atoms with Crippen LogP contribution in [0.25, 0.3) is 0 Å². The Hall–Kier alpha value is -1.76. The van der Waals surface area contributed by atoms with Gasteiger partial charge in [0.15, 0.2) is 0 Å². The molecule has 2 N–H and O–H groups in total. The SMILES string of the molecule is CC1(C)CN(c2cccc(NS(C)(=O)=O)c2)NC1=O. The van der Waals surface area contributed by atoms with Crippen molar-refractivity contribution in [2.24, 2.45) is 5.41 Å². The lowest BCUT2D eigenvalue weighted by Crippen LogP contribution is -2.33. The van der Waals surface area contributed by atoms with Gasteiger partial charge in [0.1, 0.15) is 0 Å². The number of hydrazine groups is 1. The average Bonchev–Trinajstić information content (AvgIpc) is 2.51. The Balaban J connectivity index is 2.23. The normalized spacial score (nSPS) is 18.3. The maximum Gasteiger partial charge on any atom is 0.246 e. The highest BCUT2D eigenvalue weighted by molar-refractivity contribution is 7.92. The number of nitrogens with zero attached hydrogens (tertiary/aromatic N) is 1. The molecule has 0 unspecified atom stereocenters. The zero-order valence-corrected chi connectivity index (χ0v) is 11.9. The van der Waals surface area contributed by atoms with Crippen LogP contribution in [0.1, 0.15) is 13.8 Å². The Morgan fingerprint density at radius 1 is 1.37 bits per heavy atom. The Bertz CT molecular complexity index is 610. The fourth-order valence-corrected chi connectivity index (χ4v) is 2.44. The summed E-state index contributed by atoms with van der Waals surface area (Å²) in [7, 11) is -3.31. The molecule has 1 saturated heterocycles. The second-order valence-electron chi connectivity index (χ2n) is 5.34. The molecular formula is C12H17N3O3S. The highest BCUT2D eigenvalue weighted by Crippen LogP contribution is 2.28. The van der Waals surface area contributed by atoms with Crippen LogP contribution in [-0.4, -0.2) is 27.1 Å². The van der Waals surface area contributed by atoms with Crippen molar-refractivity contribution in [3.8, 4) is 0 Å². The Labute approximate surface area is 112 Å². The number of rotatable bonds is 3. The third-order valence-electron chi connectivity index (χ3n) is 2.87. The van der Waals surface area contributed by atoms with Gasteiger partial charge in [0.05, 0.1) is 29.6 Å². The standard InChI is InChI=1S/C12H17N3O3S/c1-12(2)8-15(13-11(12)16)10-6-4-5-9(7-10)14-19(3,17)18/h4-7,14H,8H2,1-3H3,(H,13,16). The van der Waals surface area contributed by atoms with E-state index in [9.17, 15) is 13.2 Å². The summed E-state index contributed by atoms with van der Waals surface area (Å²) in [4.78, 5) is 11.7. The van der Waals surface area contributed by atoms with Crippen molar-refractivity contribution in [3.63, 3.8) is 0 Å². The van der Waals surface area contributed by atoms with Crippen molar-refractivity contribution >= 4 is 27.3 Å². The Morgan fingerprint density at radius 2 is 2.05 bits per heavy atom. The molecule has 6 nitrogen and oxygen atoms in total.